The van der Waals surface area contributed by atoms with E-state index in [1.165, 1.54) is 42.4 Å². The number of carbonyl (C=O) groups excluding carboxylic acids is 1. The van der Waals surface area contributed by atoms with Gasteiger partial charge in [0.15, 0.2) is 0 Å². The molecule has 3 aromatic rings. The summed E-state index contributed by atoms with van der Waals surface area (Å²) in [5.74, 6) is 0.685. The third kappa shape index (κ3) is 5.56. The average molecular weight is 449 g/mol. The Labute approximate surface area is 196 Å². The van der Waals surface area contributed by atoms with Crippen LogP contribution in [0.15, 0.2) is 36.4 Å². The van der Waals surface area contributed by atoms with Gasteiger partial charge in [-0.1, -0.05) is 55.0 Å². The number of benzene rings is 2. The third-order valence-electron chi connectivity index (χ3n) is 6.52. The third-order valence-corrected chi connectivity index (χ3v) is 6.52. The van der Waals surface area contributed by atoms with Crippen LogP contribution in [0.4, 0.5) is 5.95 Å². The maximum atomic E-state index is 12.6. The number of aromatic nitrogens is 2. The number of fused-ring (bicyclic) bond motifs is 1. The van der Waals surface area contributed by atoms with E-state index in [4.69, 9.17) is 4.98 Å². The minimum absolute atomic E-state index is 0.0865. The normalized spacial score (nSPS) is 15.9. The summed E-state index contributed by atoms with van der Waals surface area (Å²) in [6.45, 7) is 6.66. The Balaban J connectivity index is 1.67. The van der Waals surface area contributed by atoms with E-state index in [-0.39, 0.29) is 18.6 Å². The first-order valence-electron chi connectivity index (χ1n) is 12.2. The Bertz CT molecular complexity index is 1090. The minimum Gasteiger partial charge on any atom is -0.394 e. The highest BCUT2D eigenvalue weighted by molar-refractivity contribution is 5.98. The Morgan fingerprint density at radius 3 is 2.45 bits per heavy atom. The smallest absolute Gasteiger partial charge is 0.251 e. The summed E-state index contributed by atoms with van der Waals surface area (Å²) in [5.41, 5.74) is 6.22. The lowest BCUT2D eigenvalue weighted by Crippen LogP contribution is -2.34. The van der Waals surface area contributed by atoms with E-state index >= 15 is 0 Å². The number of aliphatic hydroxyl groups is 1. The number of anilines is 1. The Kier molecular flexibility index (Phi) is 7.33. The van der Waals surface area contributed by atoms with Crippen LogP contribution in [-0.2, 0) is 6.54 Å². The lowest BCUT2D eigenvalue weighted by Gasteiger charge is -2.21. The molecule has 1 amide bonds. The van der Waals surface area contributed by atoms with E-state index in [2.05, 4.69) is 47.2 Å². The number of amides is 1. The molecule has 0 radical (unpaired) electrons. The molecule has 1 heterocycles. The van der Waals surface area contributed by atoms with E-state index in [1.54, 1.807) is 6.92 Å². The molecule has 3 N–H and O–H groups in total. The zero-order valence-corrected chi connectivity index (χ0v) is 20.0. The van der Waals surface area contributed by atoms with Crippen molar-refractivity contribution in [3.05, 3.63) is 58.7 Å². The standard InChI is InChI=1S/C27H36N4O2/c1-18-12-19(2)14-21(13-18)16-28-27-30-24-15-22(26(33)29-20(3)17-32)10-11-25(24)31(27)23-8-6-4-5-7-9-23/h10-15,20,23,32H,4-9,16-17H2,1-3H3,(H,28,30)(H,29,33). The number of imidazole rings is 1. The average Bonchev–Trinajstić information content (AvgIpc) is 2.93. The summed E-state index contributed by atoms with van der Waals surface area (Å²) in [6, 6.07) is 12.5. The van der Waals surface area contributed by atoms with Crippen LogP contribution < -0.4 is 10.6 Å². The van der Waals surface area contributed by atoms with Gasteiger partial charge in [-0.15, -0.1) is 0 Å². The van der Waals surface area contributed by atoms with Crippen molar-refractivity contribution in [2.75, 3.05) is 11.9 Å². The number of nitrogens with zero attached hydrogens (tertiary/aromatic N) is 2. The lowest BCUT2D eigenvalue weighted by atomic mass is 10.1. The fraction of sp³-hybridized carbons (Fsp3) is 0.481. The van der Waals surface area contributed by atoms with Gasteiger partial charge in [-0.3, -0.25) is 4.79 Å². The number of aryl methyl sites for hydroxylation is 2. The fourth-order valence-corrected chi connectivity index (χ4v) is 4.96. The fourth-order valence-electron chi connectivity index (χ4n) is 4.96. The van der Waals surface area contributed by atoms with Crippen molar-refractivity contribution in [3.8, 4) is 0 Å². The molecular formula is C27H36N4O2. The van der Waals surface area contributed by atoms with Crippen molar-refractivity contribution in [1.82, 2.24) is 14.9 Å². The number of hydrogen-bond donors (Lipinski definition) is 3. The highest BCUT2D eigenvalue weighted by Crippen LogP contribution is 2.34. The van der Waals surface area contributed by atoms with Crippen LogP contribution in [0.2, 0.25) is 0 Å². The van der Waals surface area contributed by atoms with Crippen molar-refractivity contribution < 1.29 is 9.90 Å². The molecule has 1 aliphatic carbocycles. The summed E-state index contributed by atoms with van der Waals surface area (Å²) in [5, 5.41) is 15.7. The molecule has 176 valence electrons. The van der Waals surface area contributed by atoms with Crippen molar-refractivity contribution in [2.45, 2.75) is 77.9 Å². The van der Waals surface area contributed by atoms with Gasteiger partial charge in [0.05, 0.1) is 17.6 Å². The molecule has 1 aliphatic rings. The zero-order chi connectivity index (χ0) is 23.4. The molecule has 4 rings (SSSR count). The highest BCUT2D eigenvalue weighted by atomic mass is 16.3. The van der Waals surface area contributed by atoms with E-state index in [1.807, 2.05) is 18.2 Å². The molecule has 1 aromatic heterocycles. The number of carbonyl (C=O) groups is 1. The van der Waals surface area contributed by atoms with Gasteiger partial charge in [-0.2, -0.15) is 0 Å². The second-order valence-corrected chi connectivity index (χ2v) is 9.56. The SMILES string of the molecule is Cc1cc(C)cc(CNc2nc3cc(C(=O)NC(C)CO)ccc3n2C2CCCCCC2)c1. The van der Waals surface area contributed by atoms with Crippen LogP contribution in [-0.4, -0.2) is 33.2 Å². The molecule has 33 heavy (non-hydrogen) atoms. The maximum absolute atomic E-state index is 12.6. The van der Waals surface area contributed by atoms with Crippen LogP contribution in [0.5, 0.6) is 0 Å². The number of rotatable bonds is 7. The van der Waals surface area contributed by atoms with Crippen LogP contribution in [0, 0.1) is 13.8 Å². The van der Waals surface area contributed by atoms with Crippen LogP contribution >= 0.6 is 0 Å². The summed E-state index contributed by atoms with van der Waals surface area (Å²) in [6.07, 6.45) is 7.37. The molecule has 0 saturated heterocycles. The monoisotopic (exact) mass is 448 g/mol. The second kappa shape index (κ2) is 10.4. The van der Waals surface area contributed by atoms with Gasteiger partial charge in [0.2, 0.25) is 5.95 Å². The van der Waals surface area contributed by atoms with E-state index in [0.717, 1.165) is 29.8 Å². The first kappa shape index (κ1) is 23.3. The minimum atomic E-state index is -0.285. The Morgan fingerprint density at radius 1 is 1.09 bits per heavy atom. The molecule has 6 nitrogen and oxygen atoms in total. The molecule has 1 saturated carbocycles. The van der Waals surface area contributed by atoms with E-state index in [9.17, 15) is 9.90 Å². The summed E-state index contributed by atoms with van der Waals surface area (Å²) >= 11 is 0. The van der Waals surface area contributed by atoms with Crippen molar-refractivity contribution >= 4 is 22.9 Å². The highest BCUT2D eigenvalue weighted by Gasteiger charge is 2.22. The first-order valence-corrected chi connectivity index (χ1v) is 12.2. The van der Waals surface area contributed by atoms with Crippen LogP contribution in [0.1, 0.15) is 78.5 Å². The molecule has 0 aliphatic heterocycles. The number of hydrogen-bond acceptors (Lipinski definition) is 4. The van der Waals surface area contributed by atoms with Gasteiger partial charge in [0.1, 0.15) is 0 Å². The van der Waals surface area contributed by atoms with Gasteiger partial charge < -0.3 is 20.3 Å². The van der Waals surface area contributed by atoms with Gasteiger partial charge >= 0.3 is 0 Å². The van der Waals surface area contributed by atoms with Crippen molar-refractivity contribution in [2.24, 2.45) is 0 Å². The van der Waals surface area contributed by atoms with Gasteiger partial charge in [-0.05, 0) is 57.4 Å². The topological polar surface area (TPSA) is 79.2 Å². The van der Waals surface area contributed by atoms with Crippen LogP contribution in [0.25, 0.3) is 11.0 Å². The zero-order valence-electron chi connectivity index (χ0n) is 20.0. The van der Waals surface area contributed by atoms with E-state index in [0.29, 0.717) is 18.2 Å². The first-order chi connectivity index (χ1) is 15.9. The summed E-state index contributed by atoms with van der Waals surface area (Å²) < 4.78 is 2.36. The second-order valence-electron chi connectivity index (χ2n) is 9.56. The molecular weight excluding hydrogens is 412 g/mol. The number of nitrogens with one attached hydrogen (secondary N) is 2. The molecule has 1 atom stereocenters. The molecule has 0 bridgehead atoms. The number of aliphatic hydroxyl groups excluding tert-OH is 1. The summed E-state index contributed by atoms with van der Waals surface area (Å²) in [7, 11) is 0. The predicted molar refractivity (Wildman–Crippen MR) is 134 cm³/mol. The summed E-state index contributed by atoms with van der Waals surface area (Å²) in [4.78, 5) is 17.5. The van der Waals surface area contributed by atoms with E-state index < -0.39 is 0 Å². The largest absolute Gasteiger partial charge is 0.394 e. The van der Waals surface area contributed by atoms with Gasteiger partial charge in [-0.25, -0.2) is 4.98 Å². The molecule has 1 unspecified atom stereocenters. The van der Waals surface area contributed by atoms with Gasteiger partial charge in [0, 0.05) is 24.2 Å². The molecule has 1 fully saturated rings. The Morgan fingerprint density at radius 2 is 1.79 bits per heavy atom. The molecule has 0 spiro atoms. The Hall–Kier alpha value is -2.86. The van der Waals surface area contributed by atoms with Gasteiger partial charge in [0.25, 0.3) is 5.91 Å². The molecule has 6 heteroatoms. The predicted octanol–water partition coefficient (Wildman–Crippen LogP) is 5.27. The van der Waals surface area contributed by atoms with Crippen molar-refractivity contribution in [1.29, 1.82) is 0 Å². The quantitative estimate of drug-likeness (QED) is 0.430. The van der Waals surface area contributed by atoms with Crippen LogP contribution in [0.3, 0.4) is 0 Å². The molecule has 2 aromatic carbocycles. The van der Waals surface area contributed by atoms with Crippen molar-refractivity contribution in [3.63, 3.8) is 0 Å². The maximum Gasteiger partial charge on any atom is 0.251 e. The lowest BCUT2D eigenvalue weighted by molar-refractivity contribution is 0.0922.